The Labute approximate surface area is 194 Å². The zero-order valence-corrected chi connectivity index (χ0v) is 19.9. The second kappa shape index (κ2) is 10.8. The van der Waals surface area contributed by atoms with E-state index in [4.69, 9.17) is 4.74 Å². The zero-order valence-electron chi connectivity index (χ0n) is 17.5. The van der Waals surface area contributed by atoms with Gasteiger partial charge in [-0.25, -0.2) is 9.67 Å². The van der Waals surface area contributed by atoms with Crippen molar-refractivity contribution >= 4 is 40.8 Å². The van der Waals surface area contributed by atoms with Crippen molar-refractivity contribution in [2.24, 2.45) is 4.99 Å². The molecule has 0 spiro atoms. The van der Waals surface area contributed by atoms with E-state index in [0.717, 1.165) is 56.5 Å². The van der Waals surface area contributed by atoms with Crippen LogP contribution in [0.5, 0.6) is 0 Å². The maximum atomic E-state index is 5.13. The topological polar surface area (TPSA) is 81.3 Å². The fourth-order valence-electron chi connectivity index (χ4n) is 3.85. The molecule has 8 nitrogen and oxygen atoms in total. The Bertz CT molecular complexity index is 981. The van der Waals surface area contributed by atoms with Crippen LogP contribution in [0.1, 0.15) is 24.5 Å². The van der Waals surface area contributed by atoms with Gasteiger partial charge in [-0.1, -0.05) is 18.2 Å². The quantitative estimate of drug-likeness (QED) is 0.216. The number of aromatic nitrogens is 4. The molecule has 162 valence electrons. The Morgan fingerprint density at radius 1 is 1.30 bits per heavy atom. The summed E-state index contributed by atoms with van der Waals surface area (Å²) in [5.74, 6) is 2.63. The summed E-state index contributed by atoms with van der Waals surface area (Å²) in [5, 5.41) is 12.8. The van der Waals surface area contributed by atoms with Crippen LogP contribution in [0.2, 0.25) is 0 Å². The van der Waals surface area contributed by atoms with Gasteiger partial charge in [-0.05, 0) is 30.4 Å². The lowest BCUT2D eigenvalue weighted by atomic mass is 10.1. The SMILES string of the molecule is CN=C(NCCCn1ccc2ccccc21)NC1CCc2nc(COC)nn2C1.I. The van der Waals surface area contributed by atoms with Gasteiger partial charge in [-0.15, -0.1) is 24.0 Å². The predicted molar refractivity (Wildman–Crippen MR) is 129 cm³/mol. The minimum atomic E-state index is 0. The van der Waals surface area contributed by atoms with Gasteiger partial charge < -0.3 is 19.9 Å². The number of halogens is 1. The molecule has 3 heterocycles. The molecule has 2 N–H and O–H groups in total. The molecule has 1 aromatic carbocycles. The Morgan fingerprint density at radius 2 is 2.17 bits per heavy atom. The second-order valence-electron chi connectivity index (χ2n) is 7.36. The second-order valence-corrected chi connectivity index (χ2v) is 7.36. The van der Waals surface area contributed by atoms with Gasteiger partial charge in [0.2, 0.25) is 0 Å². The average Bonchev–Trinajstić information content (AvgIpc) is 3.33. The highest BCUT2D eigenvalue weighted by Gasteiger charge is 2.22. The molecule has 3 aromatic rings. The summed E-state index contributed by atoms with van der Waals surface area (Å²) in [6.07, 6.45) is 5.11. The molecule has 0 aliphatic carbocycles. The van der Waals surface area contributed by atoms with Gasteiger partial charge in [-0.3, -0.25) is 4.99 Å². The fraction of sp³-hybridized carbons (Fsp3) is 0.476. The van der Waals surface area contributed by atoms with Gasteiger partial charge in [0.15, 0.2) is 11.8 Å². The smallest absolute Gasteiger partial charge is 0.191 e. The summed E-state index contributed by atoms with van der Waals surface area (Å²) in [6, 6.07) is 10.9. The number of para-hydroxylation sites is 1. The first-order valence-corrected chi connectivity index (χ1v) is 10.2. The molecule has 4 rings (SSSR count). The van der Waals surface area contributed by atoms with E-state index >= 15 is 0 Å². The molecule has 0 amide bonds. The van der Waals surface area contributed by atoms with Crippen molar-refractivity contribution in [3.8, 4) is 0 Å². The number of rotatable bonds is 7. The molecular weight excluding hydrogens is 493 g/mol. The Hall–Kier alpha value is -2.14. The minimum Gasteiger partial charge on any atom is -0.377 e. The zero-order chi connectivity index (χ0) is 20.1. The lowest BCUT2D eigenvalue weighted by Crippen LogP contribution is -2.47. The number of methoxy groups -OCH3 is 1. The fourth-order valence-corrected chi connectivity index (χ4v) is 3.85. The third kappa shape index (κ3) is 5.31. The van der Waals surface area contributed by atoms with Gasteiger partial charge in [0.05, 0.1) is 6.54 Å². The molecule has 0 saturated heterocycles. The van der Waals surface area contributed by atoms with Crippen molar-refractivity contribution in [2.75, 3.05) is 20.7 Å². The summed E-state index contributed by atoms with van der Waals surface area (Å²) < 4.78 is 9.42. The van der Waals surface area contributed by atoms with E-state index in [1.54, 1.807) is 7.11 Å². The lowest BCUT2D eigenvalue weighted by Gasteiger charge is -2.25. The van der Waals surface area contributed by atoms with Crippen LogP contribution in [-0.4, -0.2) is 52.0 Å². The molecule has 1 unspecified atom stereocenters. The van der Waals surface area contributed by atoms with E-state index in [9.17, 15) is 0 Å². The van der Waals surface area contributed by atoms with Crippen LogP contribution in [0.15, 0.2) is 41.5 Å². The van der Waals surface area contributed by atoms with Crippen molar-refractivity contribution in [1.82, 2.24) is 30.0 Å². The maximum Gasteiger partial charge on any atom is 0.191 e. The van der Waals surface area contributed by atoms with Gasteiger partial charge in [0.1, 0.15) is 12.4 Å². The van der Waals surface area contributed by atoms with E-state index in [1.807, 2.05) is 11.7 Å². The van der Waals surface area contributed by atoms with E-state index in [1.165, 1.54) is 10.9 Å². The first-order valence-electron chi connectivity index (χ1n) is 10.2. The first kappa shape index (κ1) is 22.5. The van der Waals surface area contributed by atoms with E-state index < -0.39 is 0 Å². The van der Waals surface area contributed by atoms with E-state index in [0.29, 0.717) is 12.6 Å². The summed E-state index contributed by atoms with van der Waals surface area (Å²) in [4.78, 5) is 8.91. The van der Waals surface area contributed by atoms with E-state index in [-0.39, 0.29) is 24.0 Å². The highest BCUT2D eigenvalue weighted by atomic mass is 127. The van der Waals surface area contributed by atoms with Crippen LogP contribution in [0.3, 0.4) is 0 Å². The highest BCUT2D eigenvalue weighted by Crippen LogP contribution is 2.15. The molecule has 0 radical (unpaired) electrons. The largest absolute Gasteiger partial charge is 0.377 e. The molecule has 0 fully saturated rings. The van der Waals surface area contributed by atoms with Crippen LogP contribution in [-0.2, 0) is 30.9 Å². The summed E-state index contributed by atoms with van der Waals surface area (Å²) in [7, 11) is 3.48. The lowest BCUT2D eigenvalue weighted by molar-refractivity contribution is 0.177. The van der Waals surface area contributed by atoms with Gasteiger partial charge in [0.25, 0.3) is 0 Å². The van der Waals surface area contributed by atoms with Crippen LogP contribution < -0.4 is 10.6 Å². The number of ether oxygens (including phenoxy) is 1. The van der Waals surface area contributed by atoms with Crippen molar-refractivity contribution in [2.45, 2.75) is 45.0 Å². The van der Waals surface area contributed by atoms with Crippen molar-refractivity contribution < 1.29 is 4.74 Å². The molecule has 1 aliphatic rings. The third-order valence-electron chi connectivity index (χ3n) is 5.29. The van der Waals surface area contributed by atoms with Crippen LogP contribution in [0, 0.1) is 0 Å². The summed E-state index contributed by atoms with van der Waals surface area (Å²) in [5.41, 5.74) is 1.29. The molecule has 30 heavy (non-hydrogen) atoms. The number of aliphatic imine (C=N–C) groups is 1. The van der Waals surface area contributed by atoms with Crippen LogP contribution in [0.25, 0.3) is 10.9 Å². The number of aryl methyl sites for hydroxylation is 2. The van der Waals surface area contributed by atoms with Crippen molar-refractivity contribution in [3.63, 3.8) is 0 Å². The molecule has 1 atom stereocenters. The highest BCUT2D eigenvalue weighted by molar-refractivity contribution is 14.0. The summed E-state index contributed by atoms with van der Waals surface area (Å²) in [6.45, 7) is 3.09. The van der Waals surface area contributed by atoms with Gasteiger partial charge in [0, 0.05) is 51.4 Å². The average molecular weight is 523 g/mol. The number of benzene rings is 1. The molecular formula is C21H30IN7O. The summed E-state index contributed by atoms with van der Waals surface area (Å²) >= 11 is 0. The maximum absolute atomic E-state index is 5.13. The molecule has 9 heteroatoms. The van der Waals surface area contributed by atoms with Crippen molar-refractivity contribution in [3.05, 3.63) is 48.2 Å². The number of fused-ring (bicyclic) bond motifs is 2. The minimum absolute atomic E-state index is 0. The Morgan fingerprint density at radius 3 is 3.00 bits per heavy atom. The van der Waals surface area contributed by atoms with Gasteiger partial charge >= 0.3 is 0 Å². The van der Waals surface area contributed by atoms with Crippen LogP contribution in [0.4, 0.5) is 0 Å². The van der Waals surface area contributed by atoms with Gasteiger partial charge in [-0.2, -0.15) is 5.10 Å². The molecule has 1 aliphatic heterocycles. The first-order chi connectivity index (χ1) is 14.3. The molecule has 0 saturated carbocycles. The Balaban J connectivity index is 0.00000256. The predicted octanol–water partition coefficient (Wildman–Crippen LogP) is 2.57. The Kier molecular flexibility index (Phi) is 8.08. The third-order valence-corrected chi connectivity index (χ3v) is 5.29. The number of hydrogen-bond donors (Lipinski definition) is 2. The van der Waals surface area contributed by atoms with E-state index in [2.05, 4.69) is 66.8 Å². The monoisotopic (exact) mass is 523 g/mol. The number of nitrogens with zero attached hydrogens (tertiary/aromatic N) is 5. The van der Waals surface area contributed by atoms with Crippen molar-refractivity contribution in [1.29, 1.82) is 0 Å². The number of nitrogens with one attached hydrogen (secondary N) is 2. The molecule has 0 bridgehead atoms. The molecule has 2 aromatic heterocycles. The van der Waals surface area contributed by atoms with Crippen LogP contribution >= 0.6 is 24.0 Å². The number of guanidine groups is 1. The number of hydrogen-bond acceptors (Lipinski definition) is 4. The normalized spacial score (nSPS) is 16.2. The standard InChI is InChI=1S/C21H29N7O.HI/c1-22-21(23-11-5-12-27-13-10-16-6-3-4-7-18(16)27)24-17-8-9-20-25-19(15-29-2)26-28(20)14-17;/h3-4,6-7,10,13,17H,5,8-9,11-12,14-15H2,1-2H3,(H2,22,23,24);1H.